The first-order valence-corrected chi connectivity index (χ1v) is 5.51. The van der Waals surface area contributed by atoms with Crippen molar-refractivity contribution in [1.82, 2.24) is 4.90 Å². The van der Waals surface area contributed by atoms with Gasteiger partial charge in [-0.2, -0.15) is 0 Å². The van der Waals surface area contributed by atoms with E-state index in [1.807, 2.05) is 0 Å². The molecule has 2 saturated carbocycles. The van der Waals surface area contributed by atoms with Crippen LogP contribution in [0.2, 0.25) is 0 Å². The normalized spacial score (nSPS) is 36.9. The average molecular weight is 183 g/mol. The predicted molar refractivity (Wildman–Crippen MR) is 53.6 cm³/mol. The van der Waals surface area contributed by atoms with Crippen molar-refractivity contribution in [3.8, 4) is 0 Å². The monoisotopic (exact) mass is 183 g/mol. The van der Waals surface area contributed by atoms with Gasteiger partial charge in [-0.1, -0.05) is 12.8 Å². The lowest BCUT2D eigenvalue weighted by atomic mass is 9.98. The SMILES string of the molecule is CN(C1CC1CO)C1(C)CCCC1. The molecule has 2 unspecified atom stereocenters. The van der Waals surface area contributed by atoms with E-state index < -0.39 is 0 Å². The van der Waals surface area contributed by atoms with Crippen molar-refractivity contribution in [3.05, 3.63) is 0 Å². The zero-order valence-corrected chi connectivity index (χ0v) is 8.79. The summed E-state index contributed by atoms with van der Waals surface area (Å²) in [7, 11) is 2.24. The number of aliphatic hydroxyl groups excluding tert-OH is 1. The summed E-state index contributed by atoms with van der Waals surface area (Å²) in [5.74, 6) is 0.572. The van der Waals surface area contributed by atoms with Crippen LogP contribution in [-0.2, 0) is 0 Å². The van der Waals surface area contributed by atoms with Gasteiger partial charge in [-0.25, -0.2) is 0 Å². The Labute approximate surface area is 80.9 Å². The Morgan fingerprint density at radius 2 is 2.00 bits per heavy atom. The van der Waals surface area contributed by atoms with Gasteiger partial charge >= 0.3 is 0 Å². The van der Waals surface area contributed by atoms with E-state index in [2.05, 4.69) is 18.9 Å². The third kappa shape index (κ3) is 1.62. The molecule has 2 heteroatoms. The van der Waals surface area contributed by atoms with Crippen molar-refractivity contribution in [2.24, 2.45) is 5.92 Å². The molecule has 0 aromatic carbocycles. The van der Waals surface area contributed by atoms with Crippen LogP contribution in [0, 0.1) is 5.92 Å². The molecule has 0 amide bonds. The average Bonchev–Trinajstić information content (AvgIpc) is 2.80. The lowest BCUT2D eigenvalue weighted by molar-refractivity contribution is 0.120. The van der Waals surface area contributed by atoms with Crippen molar-refractivity contribution in [1.29, 1.82) is 0 Å². The third-order valence-electron chi connectivity index (χ3n) is 4.15. The number of hydrogen-bond acceptors (Lipinski definition) is 2. The summed E-state index contributed by atoms with van der Waals surface area (Å²) in [6, 6.07) is 0.674. The van der Waals surface area contributed by atoms with Gasteiger partial charge in [0.25, 0.3) is 0 Å². The highest BCUT2D eigenvalue weighted by Gasteiger charge is 2.46. The molecular weight excluding hydrogens is 162 g/mol. The fourth-order valence-electron chi connectivity index (χ4n) is 2.79. The Morgan fingerprint density at radius 3 is 2.46 bits per heavy atom. The maximum Gasteiger partial charge on any atom is 0.0474 e. The van der Waals surface area contributed by atoms with Crippen LogP contribution in [0.4, 0.5) is 0 Å². The molecule has 1 N–H and O–H groups in total. The summed E-state index contributed by atoms with van der Waals surface area (Å²) in [6.07, 6.45) is 6.67. The Bertz CT molecular complexity index is 187. The Morgan fingerprint density at radius 1 is 1.38 bits per heavy atom. The lowest BCUT2D eigenvalue weighted by Crippen LogP contribution is -2.43. The molecule has 2 fully saturated rings. The van der Waals surface area contributed by atoms with Gasteiger partial charge < -0.3 is 5.11 Å². The fourth-order valence-corrected chi connectivity index (χ4v) is 2.79. The van der Waals surface area contributed by atoms with Gasteiger partial charge in [-0.15, -0.1) is 0 Å². The molecule has 2 aliphatic carbocycles. The number of rotatable bonds is 3. The van der Waals surface area contributed by atoms with Crippen molar-refractivity contribution >= 4 is 0 Å². The second-order valence-corrected chi connectivity index (χ2v) is 5.06. The topological polar surface area (TPSA) is 23.5 Å². The van der Waals surface area contributed by atoms with Gasteiger partial charge in [0.15, 0.2) is 0 Å². The molecule has 2 rings (SSSR count). The van der Waals surface area contributed by atoms with Crippen LogP contribution in [0.15, 0.2) is 0 Å². The second kappa shape index (κ2) is 3.25. The van der Waals surface area contributed by atoms with Gasteiger partial charge in [0.2, 0.25) is 0 Å². The number of hydrogen-bond donors (Lipinski definition) is 1. The summed E-state index contributed by atoms with van der Waals surface area (Å²) in [5, 5.41) is 9.03. The van der Waals surface area contributed by atoms with E-state index in [1.165, 1.54) is 32.1 Å². The number of aliphatic hydroxyl groups is 1. The Kier molecular flexibility index (Phi) is 2.37. The highest BCUT2D eigenvalue weighted by atomic mass is 16.3. The van der Waals surface area contributed by atoms with E-state index in [9.17, 15) is 0 Å². The fraction of sp³-hybridized carbons (Fsp3) is 1.00. The first kappa shape index (κ1) is 9.47. The summed E-state index contributed by atoms with van der Waals surface area (Å²) in [4.78, 5) is 2.53. The molecule has 2 nitrogen and oxygen atoms in total. The van der Waals surface area contributed by atoms with Gasteiger partial charge in [-0.3, -0.25) is 4.90 Å². The molecule has 0 heterocycles. The van der Waals surface area contributed by atoms with Gasteiger partial charge in [0.1, 0.15) is 0 Å². The molecule has 0 aliphatic heterocycles. The van der Waals surface area contributed by atoms with Gasteiger partial charge in [0, 0.05) is 18.2 Å². The maximum atomic E-state index is 9.03. The zero-order valence-electron chi connectivity index (χ0n) is 8.79. The first-order valence-electron chi connectivity index (χ1n) is 5.51. The molecule has 0 bridgehead atoms. The molecule has 0 aromatic heterocycles. The van der Waals surface area contributed by atoms with E-state index in [4.69, 9.17) is 5.11 Å². The largest absolute Gasteiger partial charge is 0.396 e. The maximum absolute atomic E-state index is 9.03. The minimum atomic E-state index is 0.380. The highest BCUT2D eigenvalue weighted by molar-refractivity contribution is 5.01. The van der Waals surface area contributed by atoms with E-state index in [0.717, 1.165) is 0 Å². The minimum absolute atomic E-state index is 0.380. The van der Waals surface area contributed by atoms with Crippen LogP contribution in [0.5, 0.6) is 0 Å². The smallest absolute Gasteiger partial charge is 0.0474 e. The molecule has 0 radical (unpaired) electrons. The standard InChI is InChI=1S/C11H21NO/c1-11(5-3-4-6-11)12(2)10-7-9(10)8-13/h9-10,13H,3-8H2,1-2H3. The summed E-state index contributed by atoms with van der Waals surface area (Å²) >= 11 is 0. The first-order chi connectivity index (χ1) is 6.17. The van der Waals surface area contributed by atoms with Crippen LogP contribution < -0.4 is 0 Å². The zero-order chi connectivity index (χ0) is 9.47. The van der Waals surface area contributed by atoms with Gasteiger partial charge in [0.05, 0.1) is 0 Å². The van der Waals surface area contributed by atoms with E-state index in [0.29, 0.717) is 24.1 Å². The van der Waals surface area contributed by atoms with E-state index in [-0.39, 0.29) is 0 Å². The van der Waals surface area contributed by atoms with Gasteiger partial charge in [-0.05, 0) is 39.2 Å². The summed E-state index contributed by atoms with van der Waals surface area (Å²) in [6.45, 7) is 2.76. The molecule has 0 saturated heterocycles. The molecule has 2 atom stereocenters. The molecule has 2 aliphatic rings. The van der Waals surface area contributed by atoms with Crippen LogP contribution >= 0.6 is 0 Å². The summed E-state index contributed by atoms with van der Waals surface area (Å²) < 4.78 is 0. The van der Waals surface area contributed by atoms with Crippen molar-refractivity contribution in [2.75, 3.05) is 13.7 Å². The minimum Gasteiger partial charge on any atom is -0.396 e. The predicted octanol–water partition coefficient (Wildman–Crippen LogP) is 1.63. The molecular formula is C11H21NO. The third-order valence-corrected chi connectivity index (χ3v) is 4.15. The lowest BCUT2D eigenvalue weighted by Gasteiger charge is -2.36. The van der Waals surface area contributed by atoms with Crippen molar-refractivity contribution in [2.45, 2.75) is 50.6 Å². The quantitative estimate of drug-likeness (QED) is 0.719. The molecule has 76 valence electrons. The van der Waals surface area contributed by atoms with Crippen molar-refractivity contribution in [3.63, 3.8) is 0 Å². The molecule has 0 aromatic rings. The number of nitrogens with zero attached hydrogens (tertiary/aromatic N) is 1. The molecule has 13 heavy (non-hydrogen) atoms. The van der Waals surface area contributed by atoms with Crippen molar-refractivity contribution < 1.29 is 5.11 Å². The van der Waals surface area contributed by atoms with Crippen LogP contribution in [0.25, 0.3) is 0 Å². The second-order valence-electron chi connectivity index (χ2n) is 5.06. The van der Waals surface area contributed by atoms with Crippen LogP contribution in [-0.4, -0.2) is 35.2 Å². The van der Waals surface area contributed by atoms with E-state index >= 15 is 0 Å². The Hall–Kier alpha value is -0.0800. The van der Waals surface area contributed by atoms with Crippen LogP contribution in [0.1, 0.15) is 39.0 Å². The van der Waals surface area contributed by atoms with E-state index in [1.54, 1.807) is 0 Å². The molecule has 0 spiro atoms. The Balaban J connectivity index is 1.93. The highest BCUT2D eigenvalue weighted by Crippen LogP contribution is 2.43. The van der Waals surface area contributed by atoms with Crippen LogP contribution in [0.3, 0.4) is 0 Å². The summed E-state index contributed by atoms with van der Waals surface area (Å²) in [5.41, 5.74) is 0.439.